The van der Waals surface area contributed by atoms with E-state index in [0.717, 1.165) is 50.5 Å². The fourth-order valence-corrected chi connectivity index (χ4v) is 3.31. The molecule has 0 spiro atoms. The van der Waals surface area contributed by atoms with Gasteiger partial charge in [-0.3, -0.25) is 4.99 Å². The molecular formula is C19H31IN4O3. The van der Waals surface area contributed by atoms with Crippen LogP contribution in [0.2, 0.25) is 0 Å². The molecule has 2 aliphatic heterocycles. The zero-order valence-corrected chi connectivity index (χ0v) is 18.6. The smallest absolute Gasteiger partial charge is 0.213 e. The van der Waals surface area contributed by atoms with Crippen LogP contribution in [0.15, 0.2) is 23.3 Å². The summed E-state index contributed by atoms with van der Waals surface area (Å²) in [4.78, 5) is 11.0. The quantitative estimate of drug-likeness (QED) is 0.376. The molecule has 8 heteroatoms. The summed E-state index contributed by atoms with van der Waals surface area (Å²) in [6.07, 6.45) is 5.38. The van der Waals surface area contributed by atoms with E-state index in [1.54, 1.807) is 0 Å². The average molecular weight is 490 g/mol. The molecule has 0 saturated carbocycles. The van der Waals surface area contributed by atoms with E-state index < -0.39 is 0 Å². The molecular weight excluding hydrogens is 459 g/mol. The van der Waals surface area contributed by atoms with Crippen molar-refractivity contribution in [2.45, 2.75) is 44.9 Å². The maximum Gasteiger partial charge on any atom is 0.213 e. The summed E-state index contributed by atoms with van der Waals surface area (Å²) in [6, 6.07) is 3.95. The summed E-state index contributed by atoms with van der Waals surface area (Å²) in [7, 11) is 1.82. The van der Waals surface area contributed by atoms with Gasteiger partial charge in [-0.15, -0.1) is 24.0 Å². The molecule has 3 rings (SSSR count). The topological polar surface area (TPSA) is 68.2 Å². The van der Waals surface area contributed by atoms with Crippen LogP contribution in [0.4, 0.5) is 0 Å². The molecule has 0 bridgehead atoms. The zero-order chi connectivity index (χ0) is 18.2. The molecule has 0 aliphatic carbocycles. The number of nitrogens with zero attached hydrogens (tertiary/aromatic N) is 3. The number of aromatic nitrogens is 1. The number of rotatable bonds is 6. The van der Waals surface area contributed by atoms with Gasteiger partial charge in [-0.05, 0) is 24.8 Å². The summed E-state index contributed by atoms with van der Waals surface area (Å²) in [5, 5.41) is 3.43. The van der Waals surface area contributed by atoms with Crippen molar-refractivity contribution in [2.24, 2.45) is 4.99 Å². The Balaban J connectivity index is 0.00000261. The van der Waals surface area contributed by atoms with Gasteiger partial charge in [-0.1, -0.05) is 13.0 Å². The Labute approximate surface area is 178 Å². The van der Waals surface area contributed by atoms with Gasteiger partial charge in [0.15, 0.2) is 5.96 Å². The van der Waals surface area contributed by atoms with Gasteiger partial charge < -0.3 is 24.4 Å². The van der Waals surface area contributed by atoms with Gasteiger partial charge in [0.1, 0.15) is 6.10 Å². The first kappa shape index (κ1) is 22.2. The number of ether oxygens (including phenoxy) is 3. The van der Waals surface area contributed by atoms with E-state index in [0.29, 0.717) is 25.6 Å². The summed E-state index contributed by atoms with van der Waals surface area (Å²) in [5.41, 5.74) is 1.10. The predicted molar refractivity (Wildman–Crippen MR) is 116 cm³/mol. The van der Waals surface area contributed by atoms with E-state index in [2.05, 4.69) is 27.1 Å². The summed E-state index contributed by atoms with van der Waals surface area (Å²) in [6.45, 7) is 6.66. The molecule has 0 aromatic carbocycles. The molecule has 2 unspecified atom stereocenters. The van der Waals surface area contributed by atoms with Crippen LogP contribution in [0.3, 0.4) is 0 Å². The summed E-state index contributed by atoms with van der Waals surface area (Å²) >= 11 is 0. The highest BCUT2D eigenvalue weighted by Gasteiger charge is 2.32. The Kier molecular flexibility index (Phi) is 9.57. The first-order chi connectivity index (χ1) is 12.8. The second kappa shape index (κ2) is 11.7. The number of aliphatic imine (C=N–C) groups is 1. The van der Waals surface area contributed by atoms with Crippen molar-refractivity contribution in [3.8, 4) is 5.88 Å². The summed E-state index contributed by atoms with van der Waals surface area (Å²) < 4.78 is 17.2. The minimum Gasteiger partial charge on any atom is -0.478 e. The van der Waals surface area contributed by atoms with Crippen LogP contribution in [0, 0.1) is 0 Å². The lowest BCUT2D eigenvalue weighted by Gasteiger charge is -2.37. The third kappa shape index (κ3) is 6.46. The average Bonchev–Trinajstić information content (AvgIpc) is 3.23. The van der Waals surface area contributed by atoms with Crippen molar-refractivity contribution in [3.05, 3.63) is 23.9 Å². The van der Waals surface area contributed by atoms with Crippen LogP contribution >= 0.6 is 24.0 Å². The fourth-order valence-electron chi connectivity index (χ4n) is 3.31. The number of morpholine rings is 1. The SMILES string of the molecule is CCCOc1ccc(CNC(=NC)N2CCOC(C3CCCO3)C2)cn1.I. The molecule has 2 fully saturated rings. The number of halogens is 1. The maximum atomic E-state index is 5.92. The molecule has 0 amide bonds. The Bertz CT molecular complexity index is 579. The highest BCUT2D eigenvalue weighted by atomic mass is 127. The van der Waals surface area contributed by atoms with Crippen LogP contribution in [0.25, 0.3) is 0 Å². The van der Waals surface area contributed by atoms with Gasteiger partial charge in [0.25, 0.3) is 0 Å². The highest BCUT2D eigenvalue weighted by molar-refractivity contribution is 14.0. The molecule has 1 aromatic rings. The van der Waals surface area contributed by atoms with E-state index in [1.807, 2.05) is 25.4 Å². The van der Waals surface area contributed by atoms with Gasteiger partial charge in [0.05, 0.1) is 19.3 Å². The van der Waals surface area contributed by atoms with Crippen molar-refractivity contribution < 1.29 is 14.2 Å². The Morgan fingerprint density at radius 2 is 2.19 bits per heavy atom. The van der Waals surface area contributed by atoms with Crippen molar-refractivity contribution in [1.29, 1.82) is 0 Å². The van der Waals surface area contributed by atoms with Crippen LogP contribution in [-0.2, 0) is 16.0 Å². The molecule has 0 radical (unpaired) electrons. The third-order valence-electron chi connectivity index (χ3n) is 4.69. The summed E-state index contributed by atoms with van der Waals surface area (Å²) in [5.74, 6) is 1.56. The molecule has 2 saturated heterocycles. The lowest BCUT2D eigenvalue weighted by molar-refractivity contribution is -0.0817. The normalized spacial score (nSPS) is 23.0. The monoisotopic (exact) mass is 490 g/mol. The maximum absolute atomic E-state index is 5.92. The first-order valence-electron chi connectivity index (χ1n) is 9.56. The lowest BCUT2D eigenvalue weighted by atomic mass is 10.1. The molecule has 7 nitrogen and oxygen atoms in total. The van der Waals surface area contributed by atoms with Crippen LogP contribution in [0.1, 0.15) is 31.7 Å². The van der Waals surface area contributed by atoms with E-state index in [1.165, 1.54) is 0 Å². The number of hydrogen-bond donors (Lipinski definition) is 1. The first-order valence-corrected chi connectivity index (χ1v) is 9.56. The Morgan fingerprint density at radius 3 is 2.85 bits per heavy atom. The molecule has 1 aromatic heterocycles. The molecule has 2 atom stereocenters. The van der Waals surface area contributed by atoms with Gasteiger partial charge in [0.2, 0.25) is 5.88 Å². The van der Waals surface area contributed by atoms with Crippen LogP contribution < -0.4 is 10.1 Å². The molecule has 3 heterocycles. The lowest BCUT2D eigenvalue weighted by Crippen LogP contribution is -2.53. The Morgan fingerprint density at radius 1 is 1.33 bits per heavy atom. The van der Waals surface area contributed by atoms with E-state index in [-0.39, 0.29) is 36.2 Å². The number of pyridine rings is 1. The minimum absolute atomic E-state index is 0. The largest absolute Gasteiger partial charge is 0.478 e. The Hall–Kier alpha value is -1.13. The van der Waals surface area contributed by atoms with Crippen molar-refractivity contribution in [2.75, 3.05) is 40.0 Å². The standard InChI is InChI=1S/C19H30N4O3.HI/c1-3-9-26-18-7-6-15(12-21-18)13-22-19(20-2)23-8-11-25-17(14-23)16-5-4-10-24-16;/h6-7,12,16-17H,3-5,8-11,13-14H2,1-2H3,(H,20,22);1H. The van der Waals surface area contributed by atoms with E-state index in [4.69, 9.17) is 14.2 Å². The second-order valence-electron chi connectivity index (χ2n) is 6.66. The van der Waals surface area contributed by atoms with E-state index >= 15 is 0 Å². The van der Waals surface area contributed by atoms with Crippen molar-refractivity contribution in [1.82, 2.24) is 15.2 Å². The van der Waals surface area contributed by atoms with Crippen LogP contribution in [-0.4, -0.2) is 68.0 Å². The zero-order valence-electron chi connectivity index (χ0n) is 16.2. The number of guanidine groups is 1. The van der Waals surface area contributed by atoms with E-state index in [9.17, 15) is 0 Å². The highest BCUT2D eigenvalue weighted by Crippen LogP contribution is 2.21. The number of hydrogen-bond acceptors (Lipinski definition) is 5. The second-order valence-corrected chi connectivity index (χ2v) is 6.66. The van der Waals surface area contributed by atoms with Gasteiger partial charge in [-0.2, -0.15) is 0 Å². The predicted octanol–water partition coefficient (Wildman–Crippen LogP) is 2.44. The van der Waals surface area contributed by atoms with Gasteiger partial charge in [0, 0.05) is 45.6 Å². The third-order valence-corrected chi connectivity index (χ3v) is 4.69. The fraction of sp³-hybridized carbons (Fsp3) is 0.684. The molecule has 1 N–H and O–H groups in total. The number of nitrogens with one attached hydrogen (secondary N) is 1. The minimum atomic E-state index is 0. The molecule has 2 aliphatic rings. The van der Waals surface area contributed by atoms with Crippen LogP contribution in [0.5, 0.6) is 5.88 Å². The van der Waals surface area contributed by atoms with Gasteiger partial charge in [-0.25, -0.2) is 4.98 Å². The van der Waals surface area contributed by atoms with Gasteiger partial charge >= 0.3 is 0 Å². The molecule has 152 valence electrons. The molecule has 27 heavy (non-hydrogen) atoms. The van der Waals surface area contributed by atoms with Crippen molar-refractivity contribution in [3.63, 3.8) is 0 Å². The van der Waals surface area contributed by atoms with Crippen molar-refractivity contribution >= 4 is 29.9 Å².